The van der Waals surface area contributed by atoms with E-state index in [1.807, 2.05) is 29.0 Å². The standard InChI is InChI=1S/C24H21ClN4O4S2/c25-21-9-10-22(34-21)35(32,33)28-24(31)27-17-3-6-19(7-4-17)29-12-11-16-13-18(26-14-15-1-2-15)5-8-20(16)23(29)30/h3-13,15,26H,1-2,14H2,(H2,27,28,31). The van der Waals surface area contributed by atoms with Crippen molar-refractivity contribution in [2.75, 3.05) is 17.2 Å². The number of anilines is 2. The first-order valence-corrected chi connectivity index (χ1v) is 13.6. The van der Waals surface area contributed by atoms with Gasteiger partial charge >= 0.3 is 6.03 Å². The fourth-order valence-corrected chi connectivity index (χ4v) is 6.01. The van der Waals surface area contributed by atoms with E-state index in [0.717, 1.165) is 34.9 Å². The molecule has 3 N–H and O–H groups in total. The Hall–Kier alpha value is -3.34. The molecule has 1 saturated carbocycles. The summed E-state index contributed by atoms with van der Waals surface area (Å²) in [7, 11) is -4.02. The molecule has 1 fully saturated rings. The van der Waals surface area contributed by atoms with Crippen molar-refractivity contribution in [1.82, 2.24) is 9.29 Å². The maximum atomic E-state index is 13.1. The summed E-state index contributed by atoms with van der Waals surface area (Å²) in [6.45, 7) is 0.954. The van der Waals surface area contributed by atoms with Crippen LogP contribution in [0, 0.1) is 5.92 Å². The number of fused-ring (bicyclic) bond motifs is 1. The van der Waals surface area contributed by atoms with Gasteiger partial charge in [-0.15, -0.1) is 11.3 Å². The molecule has 2 amide bonds. The molecule has 0 unspecified atom stereocenters. The van der Waals surface area contributed by atoms with Gasteiger partial charge in [-0.1, -0.05) is 11.6 Å². The molecule has 0 atom stereocenters. The first-order valence-electron chi connectivity index (χ1n) is 10.9. The molecule has 1 aliphatic rings. The van der Waals surface area contributed by atoms with Gasteiger partial charge in [-0.25, -0.2) is 17.9 Å². The van der Waals surface area contributed by atoms with Crippen molar-refractivity contribution in [3.63, 3.8) is 0 Å². The molecule has 0 spiro atoms. The Bertz CT molecular complexity index is 1580. The van der Waals surface area contributed by atoms with Crippen LogP contribution in [0.5, 0.6) is 0 Å². The zero-order valence-corrected chi connectivity index (χ0v) is 20.7. The number of hydrogen-bond donors (Lipinski definition) is 3. The molecule has 2 aromatic carbocycles. The summed E-state index contributed by atoms with van der Waals surface area (Å²) in [4.78, 5) is 25.2. The summed E-state index contributed by atoms with van der Waals surface area (Å²) in [5.74, 6) is 0.756. The van der Waals surface area contributed by atoms with Gasteiger partial charge in [0.1, 0.15) is 4.21 Å². The molecule has 5 rings (SSSR count). The molecule has 35 heavy (non-hydrogen) atoms. The van der Waals surface area contributed by atoms with Crippen LogP contribution in [0.2, 0.25) is 4.34 Å². The van der Waals surface area contributed by atoms with Crippen LogP contribution in [0.1, 0.15) is 12.8 Å². The minimum atomic E-state index is -4.02. The predicted molar refractivity (Wildman–Crippen MR) is 139 cm³/mol. The van der Waals surface area contributed by atoms with Crippen LogP contribution >= 0.6 is 22.9 Å². The number of aromatic nitrogens is 1. The van der Waals surface area contributed by atoms with Gasteiger partial charge in [-0.05, 0) is 84.8 Å². The van der Waals surface area contributed by atoms with Gasteiger partial charge in [0.2, 0.25) is 0 Å². The van der Waals surface area contributed by atoms with E-state index >= 15 is 0 Å². The summed E-state index contributed by atoms with van der Waals surface area (Å²) >= 11 is 6.62. The zero-order valence-electron chi connectivity index (χ0n) is 18.3. The largest absolute Gasteiger partial charge is 0.385 e. The van der Waals surface area contributed by atoms with E-state index < -0.39 is 16.1 Å². The van der Waals surface area contributed by atoms with E-state index in [1.54, 1.807) is 30.5 Å². The van der Waals surface area contributed by atoms with Gasteiger partial charge in [-0.3, -0.25) is 9.36 Å². The highest BCUT2D eigenvalue weighted by Gasteiger charge is 2.21. The Balaban J connectivity index is 1.29. The zero-order chi connectivity index (χ0) is 24.6. The molecule has 2 aromatic heterocycles. The van der Waals surface area contributed by atoms with Crippen molar-refractivity contribution in [2.24, 2.45) is 5.92 Å². The molecule has 0 aliphatic heterocycles. The van der Waals surface area contributed by atoms with Crippen LogP contribution in [-0.2, 0) is 10.0 Å². The van der Waals surface area contributed by atoms with Gasteiger partial charge in [-0.2, -0.15) is 0 Å². The number of nitrogens with zero attached hydrogens (tertiary/aromatic N) is 1. The second-order valence-electron chi connectivity index (χ2n) is 8.28. The van der Waals surface area contributed by atoms with Crippen LogP contribution in [0.25, 0.3) is 16.5 Å². The highest BCUT2D eigenvalue weighted by molar-refractivity contribution is 7.92. The first kappa shape index (κ1) is 23.4. The third-order valence-electron chi connectivity index (χ3n) is 5.64. The Morgan fingerprint density at radius 2 is 1.77 bits per heavy atom. The molecular weight excluding hydrogens is 508 g/mol. The topological polar surface area (TPSA) is 109 Å². The summed E-state index contributed by atoms with van der Waals surface area (Å²) in [6.07, 6.45) is 4.25. The van der Waals surface area contributed by atoms with Crippen LogP contribution in [0.15, 0.2) is 75.9 Å². The lowest BCUT2D eigenvalue weighted by Gasteiger charge is -2.11. The SMILES string of the molecule is O=C(Nc1ccc(-n2ccc3cc(NCC4CC4)ccc3c2=O)cc1)NS(=O)(=O)c1ccc(Cl)s1. The van der Waals surface area contributed by atoms with Crippen LogP contribution in [0.4, 0.5) is 16.2 Å². The minimum Gasteiger partial charge on any atom is -0.385 e. The quantitative estimate of drug-likeness (QED) is 0.311. The molecule has 0 radical (unpaired) electrons. The smallest absolute Gasteiger partial charge is 0.333 e. The molecule has 180 valence electrons. The third kappa shape index (κ3) is 5.34. The molecule has 0 saturated heterocycles. The molecule has 4 aromatic rings. The molecule has 0 bridgehead atoms. The first-order chi connectivity index (χ1) is 16.8. The lowest BCUT2D eigenvalue weighted by molar-refractivity contribution is 0.256. The van der Waals surface area contributed by atoms with E-state index in [2.05, 4.69) is 10.6 Å². The van der Waals surface area contributed by atoms with Gasteiger partial charge in [0.25, 0.3) is 15.6 Å². The normalized spacial score (nSPS) is 13.5. The van der Waals surface area contributed by atoms with Gasteiger partial charge in [0.15, 0.2) is 0 Å². The highest BCUT2D eigenvalue weighted by Crippen LogP contribution is 2.29. The number of pyridine rings is 1. The van der Waals surface area contributed by atoms with Crippen LogP contribution in [0.3, 0.4) is 0 Å². The summed E-state index contributed by atoms with van der Waals surface area (Å²) < 4.78 is 28.2. The number of carbonyl (C=O) groups excluding carboxylic acids is 1. The summed E-state index contributed by atoms with van der Waals surface area (Å²) in [5, 5.41) is 7.35. The number of rotatable bonds is 7. The van der Waals surface area contributed by atoms with Crippen molar-refractivity contribution < 1.29 is 13.2 Å². The molecule has 2 heterocycles. The second kappa shape index (κ2) is 9.37. The average Bonchev–Trinajstić information content (AvgIpc) is 3.55. The van der Waals surface area contributed by atoms with E-state index in [9.17, 15) is 18.0 Å². The van der Waals surface area contributed by atoms with E-state index in [4.69, 9.17) is 11.6 Å². The Labute approximate surface area is 210 Å². The van der Waals surface area contributed by atoms with Gasteiger partial charge < -0.3 is 10.6 Å². The molecule has 8 nitrogen and oxygen atoms in total. The molecular formula is C24H21ClN4O4S2. The highest BCUT2D eigenvalue weighted by atomic mass is 35.5. The molecule has 1 aliphatic carbocycles. The summed E-state index contributed by atoms with van der Waals surface area (Å²) in [6, 6.07) is 16.0. The summed E-state index contributed by atoms with van der Waals surface area (Å²) in [5.41, 5.74) is 1.82. The lowest BCUT2D eigenvalue weighted by atomic mass is 10.1. The number of hydrogen-bond acceptors (Lipinski definition) is 6. The number of thiophene rings is 1. The predicted octanol–water partition coefficient (Wildman–Crippen LogP) is 5.04. The van der Waals surface area contributed by atoms with Crippen molar-refractivity contribution in [3.05, 3.63) is 81.6 Å². The number of amides is 2. The maximum absolute atomic E-state index is 13.1. The third-order valence-corrected chi connectivity index (χ3v) is 8.69. The van der Waals surface area contributed by atoms with Crippen molar-refractivity contribution in [2.45, 2.75) is 17.1 Å². The van der Waals surface area contributed by atoms with E-state index in [0.29, 0.717) is 21.1 Å². The number of sulfonamides is 1. The molecule has 11 heteroatoms. The number of benzene rings is 2. The van der Waals surface area contributed by atoms with Gasteiger partial charge in [0.05, 0.1) is 4.34 Å². The Kier molecular flexibility index (Phi) is 6.26. The van der Waals surface area contributed by atoms with E-state index in [1.165, 1.54) is 29.5 Å². The fourth-order valence-electron chi connectivity index (χ4n) is 3.62. The maximum Gasteiger partial charge on any atom is 0.333 e. The minimum absolute atomic E-state index is 0.0607. The second-order valence-corrected chi connectivity index (χ2v) is 11.9. The fraction of sp³-hybridized carbons (Fsp3) is 0.167. The monoisotopic (exact) mass is 528 g/mol. The van der Waals surface area contributed by atoms with Gasteiger partial charge in [0, 0.05) is 35.2 Å². The van der Waals surface area contributed by atoms with E-state index in [-0.39, 0.29) is 9.77 Å². The van der Waals surface area contributed by atoms with Crippen molar-refractivity contribution in [1.29, 1.82) is 0 Å². The average molecular weight is 529 g/mol. The number of urea groups is 1. The lowest BCUT2D eigenvalue weighted by Crippen LogP contribution is -2.33. The number of nitrogens with one attached hydrogen (secondary N) is 3. The van der Waals surface area contributed by atoms with Crippen molar-refractivity contribution in [3.8, 4) is 5.69 Å². The van der Waals surface area contributed by atoms with Crippen molar-refractivity contribution >= 4 is 61.1 Å². The Morgan fingerprint density at radius 3 is 2.46 bits per heavy atom. The van der Waals surface area contributed by atoms with Crippen LogP contribution in [-0.4, -0.2) is 25.6 Å². The number of halogens is 1. The Morgan fingerprint density at radius 1 is 1.03 bits per heavy atom. The number of carbonyl (C=O) groups is 1. The van der Waals surface area contributed by atoms with Crippen LogP contribution < -0.4 is 20.9 Å².